The average Bonchev–Trinajstić information content (AvgIpc) is 3.18. The summed E-state index contributed by atoms with van der Waals surface area (Å²) in [6, 6.07) is 27.1. The molecule has 12 heteroatoms. The molecule has 0 unspecified atom stereocenters. The molecule has 0 bridgehead atoms. The molecule has 6 rings (SSSR count). The van der Waals surface area contributed by atoms with Gasteiger partial charge in [-0.05, 0) is 71.5 Å². The number of aromatic amines is 1. The molecule has 1 aliphatic rings. The number of hydrogen-bond acceptors (Lipinski definition) is 8. The lowest BCUT2D eigenvalue weighted by Crippen LogP contribution is -2.48. The highest BCUT2D eigenvalue weighted by molar-refractivity contribution is 5.97. The van der Waals surface area contributed by atoms with Crippen molar-refractivity contribution in [2.24, 2.45) is 0 Å². The number of rotatable bonds is 12. The van der Waals surface area contributed by atoms with Crippen molar-refractivity contribution in [2.45, 2.75) is 37.6 Å². The molecule has 7 N–H and O–H groups in total. The van der Waals surface area contributed by atoms with Crippen LogP contribution in [0.4, 0.5) is 0 Å². The van der Waals surface area contributed by atoms with Crippen molar-refractivity contribution in [1.29, 1.82) is 0 Å². The van der Waals surface area contributed by atoms with Gasteiger partial charge in [0.2, 0.25) is 17.1 Å². The number of aromatic nitrogens is 1. The van der Waals surface area contributed by atoms with Crippen molar-refractivity contribution in [3.05, 3.63) is 153 Å². The number of phenolic OH excluding ortho intramolecular Hbond substituents is 1. The lowest BCUT2D eigenvalue weighted by molar-refractivity contribution is -0.155. The Kier molecular flexibility index (Phi) is 10.8. The molecule has 0 spiro atoms. The molecule has 0 saturated heterocycles. The van der Waals surface area contributed by atoms with Crippen molar-refractivity contribution in [2.75, 3.05) is 19.6 Å². The first-order valence-electron chi connectivity index (χ1n) is 17.2. The van der Waals surface area contributed by atoms with E-state index in [1.807, 2.05) is 12.1 Å². The lowest BCUT2D eigenvalue weighted by Gasteiger charge is -2.30. The van der Waals surface area contributed by atoms with Crippen LogP contribution < -0.4 is 16.2 Å². The molecule has 12 nitrogen and oxygen atoms in total. The number of carboxylic acid groups (broad SMARTS) is 1. The zero-order valence-corrected chi connectivity index (χ0v) is 29.0. The largest absolute Gasteiger partial charge is 0.506 e. The zero-order chi connectivity index (χ0) is 37.7. The minimum Gasteiger partial charge on any atom is -0.506 e. The van der Waals surface area contributed by atoms with Crippen LogP contribution in [0.3, 0.4) is 0 Å². The van der Waals surface area contributed by atoms with Crippen molar-refractivity contribution in [1.82, 2.24) is 20.5 Å². The quantitative estimate of drug-likeness (QED) is 0.101. The molecule has 1 aliphatic heterocycles. The number of benzene rings is 4. The summed E-state index contributed by atoms with van der Waals surface area (Å²) in [7, 11) is 0. The average molecular weight is 717 g/mol. The van der Waals surface area contributed by atoms with Crippen LogP contribution in [0, 0.1) is 0 Å². The van der Waals surface area contributed by atoms with Gasteiger partial charge < -0.3 is 40.9 Å². The molecule has 4 aromatic carbocycles. The summed E-state index contributed by atoms with van der Waals surface area (Å²) in [5.74, 6) is -2.10. The fourth-order valence-electron chi connectivity index (χ4n) is 6.57. The second-order valence-electron chi connectivity index (χ2n) is 13.0. The van der Waals surface area contributed by atoms with Crippen LogP contribution in [0.1, 0.15) is 57.6 Å². The van der Waals surface area contributed by atoms with E-state index in [4.69, 9.17) is 0 Å². The summed E-state index contributed by atoms with van der Waals surface area (Å²) in [6.45, 7) is 2.94. The molecule has 1 aromatic heterocycles. The van der Waals surface area contributed by atoms with Crippen LogP contribution in [0.2, 0.25) is 0 Å². The number of aliphatic hydroxyl groups excluding tert-OH is 1. The standard InChI is InChI=1S/C41H40N4O8/c1-25(39(50)45-20-18-27(19-21-45)29-6-5-9-31(22-29)41(53,40(51)52)30-7-3-2-4-8-30)43-38(49)28-12-10-26(11-13-28)23-42-24-35(47)32-14-16-34(46)37-33(32)15-17-36(48)44-37/h2-18,22,25,35,42,46-47,53H,19-21,23-24H2,1H3,(H,43,49)(H,44,48)(H,51,52)/t25-,35-,41-/m0/s1. The maximum atomic E-state index is 13.3. The van der Waals surface area contributed by atoms with Crippen LogP contribution in [-0.4, -0.2) is 73.8 Å². The van der Waals surface area contributed by atoms with E-state index in [9.17, 15) is 39.6 Å². The Bertz CT molecular complexity index is 2240. The molecule has 2 heterocycles. The van der Waals surface area contributed by atoms with Gasteiger partial charge in [0.05, 0.1) is 11.6 Å². The summed E-state index contributed by atoms with van der Waals surface area (Å²) in [5.41, 5.74) is 1.64. The Morgan fingerprint density at radius 2 is 1.66 bits per heavy atom. The molecule has 3 atom stereocenters. The van der Waals surface area contributed by atoms with E-state index in [0.29, 0.717) is 42.6 Å². The van der Waals surface area contributed by atoms with Crippen molar-refractivity contribution in [3.63, 3.8) is 0 Å². The predicted octanol–water partition coefficient (Wildman–Crippen LogP) is 3.81. The van der Waals surface area contributed by atoms with Crippen LogP contribution in [0.25, 0.3) is 16.5 Å². The minimum absolute atomic E-state index is 0.0819. The summed E-state index contributed by atoms with van der Waals surface area (Å²) in [6.07, 6.45) is 1.50. The highest BCUT2D eigenvalue weighted by atomic mass is 16.4. The van der Waals surface area contributed by atoms with E-state index < -0.39 is 29.6 Å². The van der Waals surface area contributed by atoms with Crippen molar-refractivity contribution < 1.29 is 34.8 Å². The number of carboxylic acids is 1. The number of hydrogen-bond donors (Lipinski definition) is 7. The third-order valence-corrected chi connectivity index (χ3v) is 9.54. The third-order valence-electron chi connectivity index (χ3n) is 9.54. The number of nitrogens with zero attached hydrogens (tertiary/aromatic N) is 1. The van der Waals surface area contributed by atoms with Gasteiger partial charge in [-0.3, -0.25) is 14.4 Å². The molecule has 0 saturated carbocycles. The van der Waals surface area contributed by atoms with Gasteiger partial charge in [0.15, 0.2) is 0 Å². The zero-order valence-electron chi connectivity index (χ0n) is 29.0. The Labute approximate surface area is 305 Å². The number of aliphatic carboxylic acids is 1. The Morgan fingerprint density at radius 3 is 2.36 bits per heavy atom. The Hall–Kier alpha value is -6.08. The molecule has 0 aliphatic carbocycles. The van der Waals surface area contributed by atoms with Gasteiger partial charge in [-0.1, -0.05) is 72.8 Å². The number of aromatic hydroxyl groups is 1. The second kappa shape index (κ2) is 15.7. The van der Waals surface area contributed by atoms with Crippen LogP contribution >= 0.6 is 0 Å². The highest BCUT2D eigenvalue weighted by Crippen LogP contribution is 2.33. The number of aliphatic hydroxyl groups is 2. The number of phenols is 1. The fourth-order valence-corrected chi connectivity index (χ4v) is 6.57. The normalized spacial score (nSPS) is 15.2. The van der Waals surface area contributed by atoms with E-state index >= 15 is 0 Å². The summed E-state index contributed by atoms with van der Waals surface area (Å²) >= 11 is 0. The topological polar surface area (TPSA) is 192 Å². The van der Waals surface area contributed by atoms with Crippen LogP contribution in [0.5, 0.6) is 5.75 Å². The summed E-state index contributed by atoms with van der Waals surface area (Å²) in [4.78, 5) is 54.5. The number of pyridine rings is 1. The van der Waals surface area contributed by atoms with Crippen LogP contribution in [-0.2, 0) is 21.7 Å². The SMILES string of the molecule is C[C@H](NC(=O)c1ccc(CNC[C@H](O)c2ccc(O)c3[nH]c(=O)ccc23)cc1)C(=O)N1CC=C(c2cccc([C@](O)(C(=O)O)c3ccccc3)c2)CC1. The van der Waals surface area contributed by atoms with Gasteiger partial charge in [0, 0.05) is 48.8 Å². The number of fused-ring (bicyclic) bond motifs is 1. The van der Waals surface area contributed by atoms with Crippen LogP contribution in [0.15, 0.2) is 114 Å². The minimum atomic E-state index is -2.22. The smallest absolute Gasteiger partial charge is 0.345 e. The Balaban J connectivity index is 1.01. The van der Waals surface area contributed by atoms with Crippen molar-refractivity contribution >= 4 is 34.3 Å². The first kappa shape index (κ1) is 36.7. The van der Waals surface area contributed by atoms with E-state index in [1.165, 1.54) is 12.1 Å². The van der Waals surface area contributed by atoms with Gasteiger partial charge in [0.1, 0.15) is 11.8 Å². The second-order valence-corrected chi connectivity index (χ2v) is 13.0. The van der Waals surface area contributed by atoms with Gasteiger partial charge in [-0.2, -0.15) is 0 Å². The highest BCUT2D eigenvalue weighted by Gasteiger charge is 2.40. The molecule has 0 radical (unpaired) electrons. The van der Waals surface area contributed by atoms with Gasteiger partial charge in [0.25, 0.3) is 5.91 Å². The molecule has 5 aromatic rings. The fraction of sp³-hybridized carbons (Fsp3) is 0.220. The van der Waals surface area contributed by atoms with E-state index in [-0.39, 0.29) is 40.4 Å². The van der Waals surface area contributed by atoms with E-state index in [2.05, 4.69) is 15.6 Å². The maximum Gasteiger partial charge on any atom is 0.345 e. The van der Waals surface area contributed by atoms with Crippen molar-refractivity contribution in [3.8, 4) is 5.75 Å². The van der Waals surface area contributed by atoms with Gasteiger partial charge in [-0.15, -0.1) is 0 Å². The molecular weight excluding hydrogens is 676 g/mol. The summed E-state index contributed by atoms with van der Waals surface area (Å²) in [5, 5.41) is 48.7. The van der Waals surface area contributed by atoms with Gasteiger partial charge >= 0.3 is 5.97 Å². The summed E-state index contributed by atoms with van der Waals surface area (Å²) < 4.78 is 0. The number of carbonyl (C=O) groups is 3. The molecule has 0 fully saturated rings. The number of carbonyl (C=O) groups excluding carboxylic acids is 2. The predicted molar refractivity (Wildman–Crippen MR) is 199 cm³/mol. The van der Waals surface area contributed by atoms with Gasteiger partial charge in [-0.25, -0.2) is 4.79 Å². The molecular formula is C41H40N4O8. The molecule has 2 amide bonds. The maximum absolute atomic E-state index is 13.3. The number of amides is 2. The first-order chi connectivity index (χ1) is 25.4. The third kappa shape index (κ3) is 7.90. The Morgan fingerprint density at radius 1 is 0.925 bits per heavy atom. The molecule has 53 heavy (non-hydrogen) atoms. The van der Waals surface area contributed by atoms with E-state index in [0.717, 1.165) is 16.7 Å². The monoisotopic (exact) mass is 716 g/mol. The number of nitrogens with one attached hydrogen (secondary N) is 3. The van der Waals surface area contributed by atoms with E-state index in [1.54, 1.807) is 96.8 Å². The number of H-pyrrole nitrogens is 1. The molecule has 272 valence electrons. The lowest BCUT2D eigenvalue weighted by atomic mass is 9.84. The first-order valence-corrected chi connectivity index (χ1v) is 17.2.